The Morgan fingerprint density at radius 1 is 1.32 bits per heavy atom. The highest BCUT2D eigenvalue weighted by Gasteiger charge is 2.28. The average Bonchev–Trinajstić information content (AvgIpc) is 2.85. The zero-order chi connectivity index (χ0) is 16.1. The van der Waals surface area contributed by atoms with Crippen molar-refractivity contribution in [3.63, 3.8) is 0 Å². The average molecular weight is 320 g/mol. The van der Waals surface area contributed by atoms with E-state index in [1.807, 2.05) is 44.2 Å². The highest BCUT2D eigenvalue weighted by atomic mass is 32.2. The van der Waals surface area contributed by atoms with Gasteiger partial charge in [-0.15, -0.1) is 4.47 Å². The van der Waals surface area contributed by atoms with Crippen molar-refractivity contribution in [2.75, 3.05) is 30.1 Å². The van der Waals surface area contributed by atoms with Gasteiger partial charge in [0.15, 0.2) is 0 Å². The summed E-state index contributed by atoms with van der Waals surface area (Å²) in [7, 11) is 1.28. The minimum absolute atomic E-state index is 0.0362. The summed E-state index contributed by atoms with van der Waals surface area (Å²) < 4.78 is 4.16. The number of anilines is 1. The first-order chi connectivity index (χ1) is 10.5. The summed E-state index contributed by atoms with van der Waals surface area (Å²) in [6.07, 6.45) is 0. The van der Waals surface area contributed by atoms with Gasteiger partial charge >= 0.3 is 0 Å². The third-order valence-corrected chi connectivity index (χ3v) is 4.65. The number of nitrogens with zero attached hydrogens (tertiary/aromatic N) is 4. The molecule has 2 rings (SSSR count). The fourth-order valence-corrected chi connectivity index (χ4v) is 3.47. The second-order valence-corrected chi connectivity index (χ2v) is 6.88. The second kappa shape index (κ2) is 7.31. The van der Waals surface area contributed by atoms with Gasteiger partial charge in [0.25, 0.3) is 0 Å². The Bertz CT molecular complexity index is 624. The minimum Gasteiger partial charge on any atom is -0.322 e. The summed E-state index contributed by atoms with van der Waals surface area (Å²) in [5, 5.41) is 4.02. The molecule has 1 heterocycles. The van der Waals surface area contributed by atoms with Crippen LogP contribution in [0.2, 0.25) is 0 Å². The lowest BCUT2D eigenvalue weighted by Crippen LogP contribution is -2.39. The normalized spacial score (nSPS) is 17.7. The third kappa shape index (κ3) is 4.24. The van der Waals surface area contributed by atoms with Gasteiger partial charge in [-0.1, -0.05) is 18.2 Å². The molecule has 1 saturated heterocycles. The van der Waals surface area contributed by atoms with Crippen LogP contribution in [0.1, 0.15) is 13.8 Å². The summed E-state index contributed by atoms with van der Waals surface area (Å²) in [6, 6.07) is 9.38. The molecule has 1 unspecified atom stereocenters. The van der Waals surface area contributed by atoms with E-state index in [0.29, 0.717) is 11.6 Å². The molecule has 0 radical (unpaired) electrons. The molecule has 1 fully saturated rings. The van der Waals surface area contributed by atoms with Crippen LogP contribution >= 0.6 is 0 Å². The van der Waals surface area contributed by atoms with E-state index < -0.39 is 10.7 Å². The van der Waals surface area contributed by atoms with Gasteiger partial charge in [-0.25, -0.2) is 0 Å². The number of hydrogen-bond acceptors (Lipinski definition) is 3. The Kier molecular flexibility index (Phi) is 5.43. The number of carbonyl (C=O) groups is 2. The van der Waals surface area contributed by atoms with E-state index in [4.69, 9.17) is 0 Å². The molecule has 118 valence electrons. The van der Waals surface area contributed by atoms with Crippen LogP contribution in [0.3, 0.4) is 0 Å². The second-order valence-electron chi connectivity index (χ2n) is 5.24. The SMILES string of the molecule is CC(C)=N/N=S1/CC(=O)N(CC(=O)N(C)c2ccccc2)C1. The van der Waals surface area contributed by atoms with Crippen LogP contribution in [0.15, 0.2) is 39.9 Å². The fourth-order valence-electron chi connectivity index (χ4n) is 1.92. The van der Waals surface area contributed by atoms with Crippen molar-refractivity contribution in [2.24, 2.45) is 9.57 Å². The highest BCUT2D eigenvalue weighted by Crippen LogP contribution is 2.13. The smallest absolute Gasteiger partial charge is 0.246 e. The van der Waals surface area contributed by atoms with Gasteiger partial charge in [-0.05, 0) is 36.7 Å². The molecule has 22 heavy (non-hydrogen) atoms. The number of carbonyl (C=O) groups excluding carboxylic acids is 2. The Labute approximate surface area is 132 Å². The van der Waals surface area contributed by atoms with Crippen LogP contribution in [-0.4, -0.2) is 47.6 Å². The predicted molar refractivity (Wildman–Crippen MR) is 89.9 cm³/mol. The zero-order valence-electron chi connectivity index (χ0n) is 13.0. The number of para-hydroxylation sites is 1. The Balaban J connectivity index is 1.99. The molecule has 1 atom stereocenters. The lowest BCUT2D eigenvalue weighted by molar-refractivity contribution is -0.131. The number of rotatable bonds is 4. The van der Waals surface area contributed by atoms with Gasteiger partial charge in [0.2, 0.25) is 11.8 Å². The van der Waals surface area contributed by atoms with Gasteiger partial charge in [0.05, 0.1) is 11.6 Å². The zero-order valence-corrected chi connectivity index (χ0v) is 13.8. The van der Waals surface area contributed by atoms with E-state index in [2.05, 4.69) is 9.57 Å². The molecule has 2 amide bonds. The molecule has 7 heteroatoms. The maximum absolute atomic E-state index is 12.3. The molecule has 0 spiro atoms. The summed E-state index contributed by atoms with van der Waals surface area (Å²) in [4.78, 5) is 27.4. The maximum atomic E-state index is 12.3. The molecule has 0 N–H and O–H groups in total. The van der Waals surface area contributed by atoms with Gasteiger partial charge in [0, 0.05) is 18.4 Å². The summed E-state index contributed by atoms with van der Waals surface area (Å²) in [5.41, 5.74) is 1.67. The topological polar surface area (TPSA) is 65.3 Å². The molecule has 1 aromatic rings. The van der Waals surface area contributed by atoms with Crippen LogP contribution < -0.4 is 4.90 Å². The maximum Gasteiger partial charge on any atom is 0.246 e. The van der Waals surface area contributed by atoms with E-state index in [1.165, 1.54) is 0 Å². The largest absolute Gasteiger partial charge is 0.322 e. The van der Waals surface area contributed by atoms with E-state index in [9.17, 15) is 9.59 Å². The number of likely N-dealkylation sites (N-methyl/N-ethyl adjacent to an activating group) is 1. The number of amides is 2. The van der Waals surface area contributed by atoms with E-state index in [0.717, 1.165) is 11.4 Å². The molecule has 0 aromatic heterocycles. The molecule has 0 saturated carbocycles. The predicted octanol–water partition coefficient (Wildman–Crippen LogP) is 1.65. The van der Waals surface area contributed by atoms with E-state index in [-0.39, 0.29) is 18.4 Å². The van der Waals surface area contributed by atoms with Gasteiger partial charge < -0.3 is 9.80 Å². The standard InChI is InChI=1S/C15H20N4O2S/c1-12(2)16-17-22-10-15(21)19(11-22)9-14(20)18(3)13-7-5-4-6-8-13/h4-8H,9-11H2,1-3H3. The van der Waals surface area contributed by atoms with Gasteiger partial charge in [0.1, 0.15) is 6.54 Å². The molecule has 6 nitrogen and oxygen atoms in total. The molecule has 1 aromatic carbocycles. The first-order valence-corrected chi connectivity index (χ1v) is 8.48. The molecule has 0 bridgehead atoms. The monoisotopic (exact) mass is 320 g/mol. The van der Waals surface area contributed by atoms with Gasteiger partial charge in [-0.2, -0.15) is 5.10 Å². The van der Waals surface area contributed by atoms with Crippen molar-refractivity contribution >= 4 is 33.9 Å². The van der Waals surface area contributed by atoms with Crippen molar-refractivity contribution in [1.82, 2.24) is 4.90 Å². The number of hydrogen-bond donors (Lipinski definition) is 0. The summed E-state index contributed by atoms with van der Waals surface area (Å²) in [6.45, 7) is 3.81. The Morgan fingerprint density at radius 3 is 2.64 bits per heavy atom. The van der Waals surface area contributed by atoms with Crippen molar-refractivity contribution in [3.8, 4) is 0 Å². The van der Waals surface area contributed by atoms with Crippen LogP contribution in [0.5, 0.6) is 0 Å². The summed E-state index contributed by atoms with van der Waals surface area (Å²) >= 11 is 0. The van der Waals surface area contributed by atoms with Gasteiger partial charge in [-0.3, -0.25) is 9.59 Å². The summed E-state index contributed by atoms with van der Waals surface area (Å²) in [5.74, 6) is 0.675. The molecule has 1 aliphatic rings. The quantitative estimate of drug-likeness (QED) is 0.625. The van der Waals surface area contributed by atoms with Crippen LogP contribution in [-0.2, 0) is 20.3 Å². The molecular weight excluding hydrogens is 300 g/mol. The Hall–Kier alpha value is -2.02. The van der Waals surface area contributed by atoms with Crippen molar-refractivity contribution < 1.29 is 9.59 Å². The van der Waals surface area contributed by atoms with Crippen LogP contribution in [0, 0.1) is 0 Å². The molecule has 0 aliphatic carbocycles. The number of benzene rings is 1. The molecular formula is C15H20N4O2S. The Morgan fingerprint density at radius 2 is 2.00 bits per heavy atom. The van der Waals surface area contributed by atoms with Crippen molar-refractivity contribution in [1.29, 1.82) is 0 Å². The fraction of sp³-hybridized carbons (Fsp3) is 0.400. The third-order valence-electron chi connectivity index (χ3n) is 3.15. The van der Waals surface area contributed by atoms with Crippen molar-refractivity contribution in [2.45, 2.75) is 13.8 Å². The van der Waals surface area contributed by atoms with Crippen LogP contribution in [0.25, 0.3) is 0 Å². The first-order valence-electron chi connectivity index (χ1n) is 6.96. The lowest BCUT2D eigenvalue weighted by atomic mass is 10.3. The van der Waals surface area contributed by atoms with Crippen molar-refractivity contribution in [3.05, 3.63) is 30.3 Å². The van der Waals surface area contributed by atoms with Crippen LogP contribution in [0.4, 0.5) is 5.69 Å². The van der Waals surface area contributed by atoms with E-state index in [1.54, 1.807) is 16.8 Å². The molecule has 1 aliphatic heterocycles. The first kappa shape index (κ1) is 16.4. The minimum atomic E-state index is -0.439. The van der Waals surface area contributed by atoms with E-state index >= 15 is 0 Å². The highest BCUT2D eigenvalue weighted by molar-refractivity contribution is 7.88. The lowest BCUT2D eigenvalue weighted by Gasteiger charge is -2.21.